The third-order valence-electron chi connectivity index (χ3n) is 2.66. The lowest BCUT2D eigenvalue weighted by molar-refractivity contribution is 0.190. The highest BCUT2D eigenvalue weighted by Gasteiger charge is 2.03. The van der Waals surface area contributed by atoms with E-state index < -0.39 is 0 Å². The molecule has 0 N–H and O–H groups in total. The molecule has 74 valence electrons. The summed E-state index contributed by atoms with van der Waals surface area (Å²) in [6, 6.07) is 0. The molecule has 0 aromatic carbocycles. The van der Waals surface area contributed by atoms with Gasteiger partial charge in [0.25, 0.3) is 0 Å². The zero-order valence-electron chi connectivity index (χ0n) is 9.05. The maximum Gasteiger partial charge on any atom is 0.0479 e. The summed E-state index contributed by atoms with van der Waals surface area (Å²) in [7, 11) is 1.75. The fraction of sp³-hybridized carbons (Fsp3) is 0.636. The molecule has 0 saturated heterocycles. The number of methoxy groups -OCH3 is 1. The van der Waals surface area contributed by atoms with Crippen LogP contribution >= 0.6 is 0 Å². The molecule has 1 aromatic rings. The van der Waals surface area contributed by atoms with Crippen LogP contribution in [0.15, 0.2) is 6.20 Å². The average Bonchev–Trinajstić information content (AvgIpc) is 2.34. The Morgan fingerprint density at radius 2 is 2.00 bits per heavy atom. The smallest absolute Gasteiger partial charge is 0.0479 e. The predicted octanol–water partition coefficient (Wildman–Crippen LogP) is 2.45. The SMILES string of the molecule is COCCCn1cc(C)c(C)c1C. The van der Waals surface area contributed by atoms with Crippen LogP contribution in [0.3, 0.4) is 0 Å². The number of aromatic nitrogens is 1. The van der Waals surface area contributed by atoms with Gasteiger partial charge in [-0.2, -0.15) is 0 Å². The number of hydrogen-bond acceptors (Lipinski definition) is 1. The Morgan fingerprint density at radius 1 is 1.31 bits per heavy atom. The fourth-order valence-electron chi connectivity index (χ4n) is 1.54. The zero-order valence-corrected chi connectivity index (χ0v) is 9.05. The van der Waals surface area contributed by atoms with E-state index in [0.717, 1.165) is 19.6 Å². The average molecular weight is 181 g/mol. The molecule has 0 bridgehead atoms. The summed E-state index contributed by atoms with van der Waals surface area (Å²) in [5.74, 6) is 0. The van der Waals surface area contributed by atoms with E-state index >= 15 is 0 Å². The van der Waals surface area contributed by atoms with Crippen molar-refractivity contribution in [3.05, 3.63) is 23.0 Å². The minimum absolute atomic E-state index is 0.843. The lowest BCUT2D eigenvalue weighted by Crippen LogP contribution is -2.01. The second-order valence-electron chi connectivity index (χ2n) is 3.56. The molecule has 2 nitrogen and oxygen atoms in total. The monoisotopic (exact) mass is 181 g/mol. The summed E-state index contributed by atoms with van der Waals surface area (Å²) in [5, 5.41) is 0. The number of aryl methyl sites for hydroxylation is 2. The third-order valence-corrected chi connectivity index (χ3v) is 2.66. The Morgan fingerprint density at radius 3 is 2.46 bits per heavy atom. The minimum atomic E-state index is 0.843. The van der Waals surface area contributed by atoms with E-state index in [1.165, 1.54) is 16.8 Å². The zero-order chi connectivity index (χ0) is 9.84. The van der Waals surface area contributed by atoms with Gasteiger partial charge in [-0.3, -0.25) is 0 Å². The van der Waals surface area contributed by atoms with Crippen molar-refractivity contribution in [1.29, 1.82) is 0 Å². The van der Waals surface area contributed by atoms with E-state index in [1.54, 1.807) is 7.11 Å². The van der Waals surface area contributed by atoms with Gasteiger partial charge in [0, 0.05) is 32.2 Å². The molecule has 1 aromatic heterocycles. The lowest BCUT2D eigenvalue weighted by atomic mass is 10.2. The van der Waals surface area contributed by atoms with Crippen molar-refractivity contribution in [2.75, 3.05) is 13.7 Å². The summed E-state index contributed by atoms with van der Waals surface area (Å²) in [6.07, 6.45) is 3.31. The van der Waals surface area contributed by atoms with Crippen molar-refractivity contribution < 1.29 is 4.74 Å². The van der Waals surface area contributed by atoms with Gasteiger partial charge in [0.15, 0.2) is 0 Å². The van der Waals surface area contributed by atoms with E-state index in [1.807, 2.05) is 0 Å². The van der Waals surface area contributed by atoms with Gasteiger partial charge < -0.3 is 9.30 Å². The Bertz CT molecular complexity index is 276. The second-order valence-corrected chi connectivity index (χ2v) is 3.56. The van der Waals surface area contributed by atoms with Crippen molar-refractivity contribution in [2.45, 2.75) is 33.7 Å². The van der Waals surface area contributed by atoms with Crippen molar-refractivity contribution in [2.24, 2.45) is 0 Å². The molecule has 0 amide bonds. The Labute approximate surface area is 80.5 Å². The van der Waals surface area contributed by atoms with Gasteiger partial charge in [-0.15, -0.1) is 0 Å². The summed E-state index contributed by atoms with van der Waals surface area (Å²) in [6.45, 7) is 8.42. The molecule has 0 saturated carbocycles. The molecule has 1 heterocycles. The first-order valence-electron chi connectivity index (χ1n) is 4.78. The highest BCUT2D eigenvalue weighted by molar-refractivity contribution is 5.28. The molecule has 0 aliphatic heterocycles. The summed E-state index contributed by atoms with van der Waals surface area (Å²) in [5.41, 5.74) is 4.18. The number of rotatable bonds is 4. The molecular weight excluding hydrogens is 162 g/mol. The molecular formula is C11H19NO. The Hall–Kier alpha value is -0.760. The van der Waals surface area contributed by atoms with Gasteiger partial charge in [-0.25, -0.2) is 0 Å². The molecule has 13 heavy (non-hydrogen) atoms. The van der Waals surface area contributed by atoms with Crippen LogP contribution in [0.2, 0.25) is 0 Å². The van der Waals surface area contributed by atoms with Crippen LogP contribution in [0.1, 0.15) is 23.2 Å². The summed E-state index contributed by atoms with van der Waals surface area (Å²) < 4.78 is 7.34. The van der Waals surface area contributed by atoms with Gasteiger partial charge in [0.1, 0.15) is 0 Å². The molecule has 0 aliphatic rings. The third kappa shape index (κ3) is 2.34. The van der Waals surface area contributed by atoms with Crippen LogP contribution in [0.5, 0.6) is 0 Å². The van der Waals surface area contributed by atoms with E-state index in [9.17, 15) is 0 Å². The first-order chi connectivity index (χ1) is 6.16. The van der Waals surface area contributed by atoms with Gasteiger partial charge in [0.05, 0.1) is 0 Å². The van der Waals surface area contributed by atoms with E-state index in [2.05, 4.69) is 31.5 Å². The summed E-state index contributed by atoms with van der Waals surface area (Å²) >= 11 is 0. The van der Waals surface area contributed by atoms with Crippen molar-refractivity contribution in [3.63, 3.8) is 0 Å². The van der Waals surface area contributed by atoms with E-state index in [-0.39, 0.29) is 0 Å². The first kappa shape index (κ1) is 10.3. The highest BCUT2D eigenvalue weighted by atomic mass is 16.5. The molecule has 0 atom stereocenters. The van der Waals surface area contributed by atoms with Gasteiger partial charge >= 0.3 is 0 Å². The van der Waals surface area contributed by atoms with Crippen LogP contribution < -0.4 is 0 Å². The predicted molar refractivity (Wildman–Crippen MR) is 55.1 cm³/mol. The first-order valence-corrected chi connectivity index (χ1v) is 4.78. The van der Waals surface area contributed by atoms with Gasteiger partial charge in [0.2, 0.25) is 0 Å². The largest absolute Gasteiger partial charge is 0.385 e. The quantitative estimate of drug-likeness (QED) is 0.651. The second kappa shape index (κ2) is 4.47. The minimum Gasteiger partial charge on any atom is -0.385 e. The fourth-order valence-corrected chi connectivity index (χ4v) is 1.54. The number of ether oxygens (including phenoxy) is 1. The molecule has 0 fully saturated rings. The Kier molecular flexibility index (Phi) is 3.55. The van der Waals surface area contributed by atoms with E-state index in [4.69, 9.17) is 4.74 Å². The molecule has 0 aliphatic carbocycles. The maximum atomic E-state index is 5.03. The molecule has 2 heteroatoms. The van der Waals surface area contributed by atoms with E-state index in [0.29, 0.717) is 0 Å². The van der Waals surface area contributed by atoms with Crippen molar-refractivity contribution >= 4 is 0 Å². The lowest BCUT2D eigenvalue weighted by Gasteiger charge is -2.05. The van der Waals surface area contributed by atoms with Gasteiger partial charge in [-0.1, -0.05) is 0 Å². The van der Waals surface area contributed by atoms with Crippen LogP contribution in [0, 0.1) is 20.8 Å². The van der Waals surface area contributed by atoms with Crippen LogP contribution in [-0.4, -0.2) is 18.3 Å². The van der Waals surface area contributed by atoms with Crippen molar-refractivity contribution in [1.82, 2.24) is 4.57 Å². The molecule has 1 rings (SSSR count). The molecule has 0 radical (unpaired) electrons. The summed E-state index contributed by atoms with van der Waals surface area (Å²) in [4.78, 5) is 0. The van der Waals surface area contributed by atoms with Crippen LogP contribution in [0.25, 0.3) is 0 Å². The number of hydrogen-bond donors (Lipinski definition) is 0. The Balaban J connectivity index is 2.61. The molecule has 0 spiro atoms. The van der Waals surface area contributed by atoms with Crippen molar-refractivity contribution in [3.8, 4) is 0 Å². The normalized spacial score (nSPS) is 10.8. The molecule has 0 unspecified atom stereocenters. The topological polar surface area (TPSA) is 14.2 Å². The van der Waals surface area contributed by atoms with Crippen LogP contribution in [-0.2, 0) is 11.3 Å². The standard InChI is InChI=1S/C11H19NO/c1-9-8-12(6-5-7-13-4)11(3)10(9)2/h8H,5-7H2,1-4H3. The maximum absolute atomic E-state index is 5.03. The van der Waals surface area contributed by atoms with Crippen LogP contribution in [0.4, 0.5) is 0 Å². The van der Waals surface area contributed by atoms with Gasteiger partial charge in [-0.05, 0) is 38.3 Å². The number of nitrogens with zero attached hydrogens (tertiary/aromatic N) is 1. The highest BCUT2D eigenvalue weighted by Crippen LogP contribution is 2.14.